The van der Waals surface area contributed by atoms with E-state index in [4.69, 9.17) is 21.6 Å². The number of nitriles is 2. The maximum atomic E-state index is 9.55. The lowest BCUT2D eigenvalue weighted by atomic mass is 10.0. The number of rotatable bonds is 5. The molecule has 0 fully saturated rings. The first-order chi connectivity index (χ1) is 14.0. The van der Waals surface area contributed by atoms with Crippen LogP contribution in [0.1, 0.15) is 22.3 Å². The molecule has 0 aliphatic heterocycles. The van der Waals surface area contributed by atoms with Crippen LogP contribution in [0.4, 0.5) is 0 Å². The fraction of sp³-hybridized carbons (Fsp3) is 0.0435. The van der Waals surface area contributed by atoms with E-state index in [0.717, 1.165) is 25.6 Å². The van der Waals surface area contributed by atoms with Crippen LogP contribution in [-0.4, -0.2) is 0 Å². The van der Waals surface area contributed by atoms with Crippen LogP contribution in [0, 0.1) is 22.7 Å². The molecule has 0 aliphatic carbocycles. The Balaban J connectivity index is 1.83. The number of ether oxygens (including phenoxy) is 1. The Hall–Kier alpha value is -2.57. The molecule has 0 spiro atoms. The molecular formula is C23H13Br2ClN2O. The molecule has 0 bridgehead atoms. The van der Waals surface area contributed by atoms with E-state index in [9.17, 15) is 5.26 Å². The summed E-state index contributed by atoms with van der Waals surface area (Å²) in [5.74, 6) is 0.675. The van der Waals surface area contributed by atoms with E-state index in [1.54, 1.807) is 30.3 Å². The van der Waals surface area contributed by atoms with Crippen LogP contribution in [0.15, 0.2) is 69.6 Å². The summed E-state index contributed by atoms with van der Waals surface area (Å²) in [6, 6.07) is 22.5. The van der Waals surface area contributed by atoms with Crippen molar-refractivity contribution in [3.8, 4) is 17.9 Å². The van der Waals surface area contributed by atoms with Gasteiger partial charge >= 0.3 is 0 Å². The summed E-state index contributed by atoms with van der Waals surface area (Å²) in [6.07, 6.45) is 1.79. The quantitative estimate of drug-likeness (QED) is 0.256. The Bertz CT molecular complexity index is 1120. The van der Waals surface area contributed by atoms with Crippen molar-refractivity contribution in [1.82, 2.24) is 0 Å². The van der Waals surface area contributed by atoms with Crippen molar-refractivity contribution in [3.05, 3.63) is 96.9 Å². The largest absolute Gasteiger partial charge is 0.487 e. The van der Waals surface area contributed by atoms with Crippen LogP contribution in [0.25, 0.3) is 11.6 Å². The Morgan fingerprint density at radius 1 is 0.966 bits per heavy atom. The molecule has 0 unspecified atom stereocenters. The predicted molar refractivity (Wildman–Crippen MR) is 122 cm³/mol. The number of hydrogen-bond donors (Lipinski definition) is 0. The fourth-order valence-corrected chi connectivity index (χ4v) is 4.18. The minimum atomic E-state index is 0.401. The molecule has 3 nitrogen and oxygen atoms in total. The first-order valence-corrected chi connectivity index (χ1v) is 10.4. The third-order valence-corrected chi connectivity index (χ3v) is 5.50. The second kappa shape index (κ2) is 9.76. The molecule has 0 saturated heterocycles. The van der Waals surface area contributed by atoms with Gasteiger partial charge in [0.05, 0.1) is 32.2 Å². The summed E-state index contributed by atoms with van der Waals surface area (Å²) in [5, 5.41) is 19.1. The van der Waals surface area contributed by atoms with E-state index in [2.05, 4.69) is 44.0 Å². The highest BCUT2D eigenvalue weighted by atomic mass is 79.9. The lowest BCUT2D eigenvalue weighted by Gasteiger charge is -2.12. The van der Waals surface area contributed by atoms with Crippen LogP contribution in [0.3, 0.4) is 0 Å². The molecule has 3 aromatic carbocycles. The Morgan fingerprint density at radius 3 is 2.14 bits per heavy atom. The Kier molecular flexibility index (Phi) is 7.12. The molecule has 3 aromatic rings. The summed E-state index contributed by atoms with van der Waals surface area (Å²) in [6.45, 7) is 0.401. The van der Waals surface area contributed by atoms with E-state index in [1.807, 2.05) is 36.4 Å². The number of nitrogens with zero attached hydrogens (tertiary/aromatic N) is 2. The molecule has 29 heavy (non-hydrogen) atoms. The number of benzene rings is 3. The molecule has 0 radical (unpaired) electrons. The van der Waals surface area contributed by atoms with Crippen molar-refractivity contribution < 1.29 is 4.74 Å². The van der Waals surface area contributed by atoms with Gasteiger partial charge in [0.25, 0.3) is 0 Å². The van der Waals surface area contributed by atoms with Gasteiger partial charge in [-0.15, -0.1) is 0 Å². The van der Waals surface area contributed by atoms with Crippen molar-refractivity contribution in [1.29, 1.82) is 10.5 Å². The van der Waals surface area contributed by atoms with Crippen LogP contribution in [0.5, 0.6) is 5.75 Å². The summed E-state index contributed by atoms with van der Waals surface area (Å²) in [5.41, 5.74) is 3.65. The normalized spacial score (nSPS) is 10.9. The topological polar surface area (TPSA) is 56.8 Å². The van der Waals surface area contributed by atoms with Crippen LogP contribution in [0.2, 0.25) is 5.02 Å². The average molecular weight is 529 g/mol. The second-order valence-corrected chi connectivity index (χ2v) is 8.23. The molecule has 142 valence electrons. The lowest BCUT2D eigenvalue weighted by Crippen LogP contribution is -1.97. The van der Waals surface area contributed by atoms with Gasteiger partial charge in [-0.3, -0.25) is 0 Å². The van der Waals surface area contributed by atoms with Gasteiger partial charge in [-0.05, 0) is 91.0 Å². The van der Waals surface area contributed by atoms with Gasteiger partial charge in [0, 0.05) is 5.02 Å². The van der Waals surface area contributed by atoms with Gasteiger partial charge in [0.1, 0.15) is 12.4 Å². The van der Waals surface area contributed by atoms with E-state index in [0.29, 0.717) is 28.5 Å². The van der Waals surface area contributed by atoms with Gasteiger partial charge in [0.2, 0.25) is 0 Å². The molecule has 0 saturated carbocycles. The smallest absolute Gasteiger partial charge is 0.148 e. The first-order valence-electron chi connectivity index (χ1n) is 8.49. The molecule has 3 rings (SSSR count). The zero-order valence-electron chi connectivity index (χ0n) is 15.0. The third-order valence-electron chi connectivity index (χ3n) is 4.07. The Labute approximate surface area is 191 Å². The molecule has 0 heterocycles. The molecule has 0 amide bonds. The molecule has 0 aliphatic rings. The average Bonchev–Trinajstić information content (AvgIpc) is 2.73. The maximum absolute atomic E-state index is 9.55. The third kappa shape index (κ3) is 5.49. The SMILES string of the molecule is N#C/C(=C/c1cc(Br)c(OCc2ccc(Cl)cc2)c(Br)c1)c1ccc(C#N)cc1. The Morgan fingerprint density at radius 2 is 1.59 bits per heavy atom. The van der Waals surface area contributed by atoms with Crippen LogP contribution in [-0.2, 0) is 6.61 Å². The van der Waals surface area contributed by atoms with E-state index in [-0.39, 0.29) is 0 Å². The zero-order chi connectivity index (χ0) is 20.8. The molecule has 6 heteroatoms. The highest BCUT2D eigenvalue weighted by Crippen LogP contribution is 2.36. The highest BCUT2D eigenvalue weighted by Gasteiger charge is 2.10. The van der Waals surface area contributed by atoms with E-state index >= 15 is 0 Å². The van der Waals surface area contributed by atoms with Gasteiger partial charge in [-0.25, -0.2) is 0 Å². The summed E-state index contributed by atoms with van der Waals surface area (Å²) >= 11 is 13.0. The summed E-state index contributed by atoms with van der Waals surface area (Å²) < 4.78 is 7.47. The van der Waals surface area contributed by atoms with Crippen LogP contribution >= 0.6 is 43.5 Å². The van der Waals surface area contributed by atoms with Crippen molar-refractivity contribution in [2.24, 2.45) is 0 Å². The number of allylic oxidation sites excluding steroid dienone is 1. The zero-order valence-corrected chi connectivity index (χ0v) is 18.9. The minimum Gasteiger partial charge on any atom is -0.487 e. The highest BCUT2D eigenvalue weighted by molar-refractivity contribution is 9.11. The predicted octanol–water partition coefficient (Wildman–Crippen LogP) is 7.38. The van der Waals surface area contributed by atoms with E-state index in [1.165, 1.54) is 0 Å². The maximum Gasteiger partial charge on any atom is 0.148 e. The van der Waals surface area contributed by atoms with Crippen molar-refractivity contribution in [2.45, 2.75) is 6.61 Å². The standard InChI is InChI=1S/C23H13Br2ClN2O/c24-21-10-17(9-19(13-28)18-5-1-15(12-27)2-6-18)11-22(25)23(21)29-14-16-3-7-20(26)8-4-16/h1-11H,14H2/b19-9-. The van der Waals surface area contributed by atoms with Crippen LogP contribution < -0.4 is 4.74 Å². The van der Waals surface area contributed by atoms with Crippen molar-refractivity contribution in [2.75, 3.05) is 0 Å². The number of halogens is 3. The van der Waals surface area contributed by atoms with Gasteiger partial charge in [-0.1, -0.05) is 35.9 Å². The van der Waals surface area contributed by atoms with Crippen molar-refractivity contribution >= 4 is 55.1 Å². The fourth-order valence-electron chi connectivity index (χ4n) is 2.61. The van der Waals surface area contributed by atoms with E-state index < -0.39 is 0 Å². The minimum absolute atomic E-state index is 0.401. The van der Waals surface area contributed by atoms with Crippen molar-refractivity contribution in [3.63, 3.8) is 0 Å². The molecule has 0 atom stereocenters. The van der Waals surface area contributed by atoms with Gasteiger partial charge in [0.15, 0.2) is 0 Å². The van der Waals surface area contributed by atoms with Gasteiger partial charge < -0.3 is 4.74 Å². The second-order valence-electron chi connectivity index (χ2n) is 6.09. The first kappa shape index (κ1) is 21.1. The lowest BCUT2D eigenvalue weighted by molar-refractivity contribution is 0.302. The number of hydrogen-bond acceptors (Lipinski definition) is 3. The molecule has 0 N–H and O–H groups in total. The monoisotopic (exact) mass is 526 g/mol. The summed E-state index contributed by atoms with van der Waals surface area (Å²) in [7, 11) is 0. The molecular weight excluding hydrogens is 516 g/mol. The summed E-state index contributed by atoms with van der Waals surface area (Å²) in [4.78, 5) is 0. The molecule has 0 aromatic heterocycles. The van der Waals surface area contributed by atoms with Gasteiger partial charge in [-0.2, -0.15) is 10.5 Å².